The third-order valence-electron chi connectivity index (χ3n) is 7.01. The molecule has 0 N–H and O–H groups in total. The van der Waals surface area contributed by atoms with Gasteiger partial charge in [0.1, 0.15) is 5.82 Å². The van der Waals surface area contributed by atoms with Gasteiger partial charge in [-0.3, -0.25) is 19.0 Å². The number of carbonyl (C=O) groups excluding carboxylic acids is 1. The first-order valence-corrected chi connectivity index (χ1v) is 12.3. The molecule has 37 heavy (non-hydrogen) atoms. The Morgan fingerprint density at radius 1 is 1.03 bits per heavy atom. The molecular formula is C28H29FN6O2. The topological polar surface area (TPSA) is 76.3 Å². The largest absolute Gasteiger partial charge is 0.343 e. The van der Waals surface area contributed by atoms with Crippen LogP contribution in [-0.4, -0.2) is 50.3 Å². The molecule has 1 fully saturated rings. The molecular weight excluding hydrogens is 471 g/mol. The van der Waals surface area contributed by atoms with Crippen LogP contribution in [0.1, 0.15) is 25.8 Å². The number of halogens is 1. The Bertz CT molecular complexity index is 1470. The van der Waals surface area contributed by atoms with E-state index < -0.39 is 0 Å². The quantitative estimate of drug-likeness (QED) is 0.406. The van der Waals surface area contributed by atoms with Crippen molar-refractivity contribution >= 4 is 17.5 Å². The zero-order chi connectivity index (χ0) is 26.1. The number of nitrogens with zero attached hydrogens (tertiary/aromatic N) is 6. The van der Waals surface area contributed by atoms with Gasteiger partial charge in [0, 0.05) is 46.0 Å². The van der Waals surface area contributed by atoms with Crippen molar-refractivity contribution in [3.05, 3.63) is 83.0 Å². The summed E-state index contributed by atoms with van der Waals surface area (Å²) in [5, 5.41) is 0. The molecule has 190 valence electrons. The second kappa shape index (κ2) is 10.0. The smallest absolute Gasteiger partial charge is 0.274 e. The maximum atomic E-state index is 13.8. The lowest BCUT2D eigenvalue weighted by Gasteiger charge is -2.33. The van der Waals surface area contributed by atoms with Gasteiger partial charge in [-0.1, -0.05) is 30.3 Å². The summed E-state index contributed by atoms with van der Waals surface area (Å²) in [4.78, 5) is 38.6. The summed E-state index contributed by atoms with van der Waals surface area (Å²) in [7, 11) is 3.64. The Morgan fingerprint density at radius 2 is 1.70 bits per heavy atom. The highest BCUT2D eigenvalue weighted by Gasteiger charge is 2.30. The monoisotopic (exact) mass is 500 g/mol. The summed E-state index contributed by atoms with van der Waals surface area (Å²) < 4.78 is 17.4. The van der Waals surface area contributed by atoms with Crippen molar-refractivity contribution in [2.24, 2.45) is 7.05 Å². The fraction of sp³-hybridized carbons (Fsp3) is 0.286. The van der Waals surface area contributed by atoms with E-state index in [1.165, 1.54) is 12.1 Å². The maximum Gasteiger partial charge on any atom is 0.274 e. The summed E-state index contributed by atoms with van der Waals surface area (Å²) in [5.74, 6) is 0.173. The Hall–Kier alpha value is -4.27. The summed E-state index contributed by atoms with van der Waals surface area (Å²) in [6, 6.07) is 17.5. The van der Waals surface area contributed by atoms with Crippen LogP contribution in [0.25, 0.3) is 22.5 Å². The van der Waals surface area contributed by atoms with Crippen LogP contribution in [0.15, 0.2) is 71.7 Å². The molecule has 5 rings (SSSR count). The minimum atomic E-state index is -0.369. The Labute approximate surface area is 214 Å². The summed E-state index contributed by atoms with van der Waals surface area (Å²) in [6.07, 6.45) is 3.10. The number of amides is 1. The molecule has 0 atom stereocenters. The van der Waals surface area contributed by atoms with Gasteiger partial charge in [-0.2, -0.15) is 0 Å². The number of piperidine rings is 1. The second-order valence-corrected chi connectivity index (χ2v) is 9.28. The van der Waals surface area contributed by atoms with E-state index in [1.807, 2.05) is 51.9 Å². The highest BCUT2D eigenvalue weighted by atomic mass is 19.1. The molecule has 2 aromatic heterocycles. The number of para-hydroxylation sites is 1. The van der Waals surface area contributed by atoms with Gasteiger partial charge in [-0.25, -0.2) is 14.4 Å². The fourth-order valence-corrected chi connectivity index (χ4v) is 5.01. The zero-order valence-electron chi connectivity index (χ0n) is 21.1. The van der Waals surface area contributed by atoms with Gasteiger partial charge < -0.3 is 9.80 Å². The SMILES string of the molecule is CC(=O)N1CCC(n2c(-c3ccnc(N(C)c4ccccc4)n3)c(-c3ccc(F)cc3)c(=O)n2C)CC1. The summed E-state index contributed by atoms with van der Waals surface area (Å²) >= 11 is 0. The second-order valence-electron chi connectivity index (χ2n) is 9.28. The van der Waals surface area contributed by atoms with E-state index in [2.05, 4.69) is 4.98 Å². The first kappa shape index (κ1) is 24.4. The molecule has 2 aromatic carbocycles. The number of benzene rings is 2. The van der Waals surface area contributed by atoms with Crippen LogP contribution in [0.2, 0.25) is 0 Å². The molecule has 3 heterocycles. The van der Waals surface area contributed by atoms with Crippen LogP contribution < -0.4 is 10.5 Å². The van der Waals surface area contributed by atoms with Gasteiger partial charge in [0.25, 0.3) is 5.56 Å². The van der Waals surface area contributed by atoms with E-state index in [9.17, 15) is 14.0 Å². The minimum Gasteiger partial charge on any atom is -0.343 e. The van der Waals surface area contributed by atoms with Gasteiger partial charge in [0.05, 0.1) is 23.0 Å². The molecule has 0 aliphatic carbocycles. The van der Waals surface area contributed by atoms with Gasteiger partial charge in [0.2, 0.25) is 11.9 Å². The predicted molar refractivity (Wildman–Crippen MR) is 141 cm³/mol. The molecule has 1 aliphatic rings. The predicted octanol–water partition coefficient (Wildman–Crippen LogP) is 4.40. The van der Waals surface area contributed by atoms with Crippen molar-refractivity contribution in [2.75, 3.05) is 25.0 Å². The number of rotatable bonds is 5. The standard InChI is InChI=1S/C28H29FN6O2/c1-19(36)34-17-14-23(15-18-34)35-26(25(27(37)33(35)3)20-9-11-21(29)12-10-20)24-13-16-30-28(31-24)32(2)22-7-5-4-6-8-22/h4-13,16,23H,14-15,17-18H2,1-3H3. The summed E-state index contributed by atoms with van der Waals surface area (Å²) in [6.45, 7) is 2.81. The van der Waals surface area contributed by atoms with Gasteiger partial charge >= 0.3 is 0 Å². The first-order chi connectivity index (χ1) is 17.8. The van der Waals surface area contributed by atoms with E-state index in [-0.39, 0.29) is 23.3 Å². The molecule has 0 unspecified atom stereocenters. The van der Waals surface area contributed by atoms with E-state index in [0.29, 0.717) is 54.4 Å². The van der Waals surface area contributed by atoms with E-state index in [0.717, 1.165) is 5.69 Å². The van der Waals surface area contributed by atoms with Crippen LogP contribution in [0, 0.1) is 5.82 Å². The Kier molecular flexibility index (Phi) is 6.60. The van der Waals surface area contributed by atoms with E-state index in [1.54, 1.807) is 43.0 Å². The lowest BCUT2D eigenvalue weighted by atomic mass is 10.0. The molecule has 0 spiro atoms. The van der Waals surface area contributed by atoms with Gasteiger partial charge in [-0.15, -0.1) is 0 Å². The molecule has 4 aromatic rings. The lowest BCUT2D eigenvalue weighted by molar-refractivity contribution is -0.130. The molecule has 0 saturated carbocycles. The molecule has 1 amide bonds. The first-order valence-electron chi connectivity index (χ1n) is 12.3. The molecule has 8 nitrogen and oxygen atoms in total. The molecule has 9 heteroatoms. The molecule has 0 radical (unpaired) electrons. The number of aromatic nitrogens is 4. The molecule has 1 saturated heterocycles. The van der Waals surface area contributed by atoms with Crippen LogP contribution in [-0.2, 0) is 11.8 Å². The van der Waals surface area contributed by atoms with Crippen molar-refractivity contribution in [1.82, 2.24) is 24.2 Å². The molecule has 0 bridgehead atoms. The number of anilines is 2. The van der Waals surface area contributed by atoms with Crippen LogP contribution in [0.4, 0.5) is 16.0 Å². The highest BCUT2D eigenvalue weighted by molar-refractivity contribution is 5.80. The van der Waals surface area contributed by atoms with Crippen molar-refractivity contribution < 1.29 is 9.18 Å². The van der Waals surface area contributed by atoms with Crippen molar-refractivity contribution in [3.63, 3.8) is 0 Å². The minimum absolute atomic E-state index is 0.0113. The van der Waals surface area contributed by atoms with Crippen LogP contribution >= 0.6 is 0 Å². The van der Waals surface area contributed by atoms with E-state index >= 15 is 0 Å². The Balaban J connectivity index is 1.66. The normalized spacial score (nSPS) is 14.1. The maximum absolute atomic E-state index is 13.8. The Morgan fingerprint density at radius 3 is 2.35 bits per heavy atom. The fourth-order valence-electron chi connectivity index (χ4n) is 5.01. The van der Waals surface area contributed by atoms with Gasteiger partial charge in [-0.05, 0) is 48.7 Å². The third-order valence-corrected chi connectivity index (χ3v) is 7.01. The number of carbonyl (C=O) groups is 1. The average Bonchev–Trinajstić information content (AvgIpc) is 3.19. The lowest BCUT2D eigenvalue weighted by Crippen LogP contribution is -2.39. The number of hydrogen-bond donors (Lipinski definition) is 0. The van der Waals surface area contributed by atoms with Crippen LogP contribution in [0.3, 0.4) is 0 Å². The van der Waals surface area contributed by atoms with Crippen molar-refractivity contribution in [3.8, 4) is 22.5 Å². The third kappa shape index (κ3) is 4.64. The van der Waals surface area contributed by atoms with E-state index in [4.69, 9.17) is 4.98 Å². The van der Waals surface area contributed by atoms with Crippen molar-refractivity contribution in [1.29, 1.82) is 0 Å². The number of hydrogen-bond acceptors (Lipinski definition) is 5. The van der Waals surface area contributed by atoms with Crippen LogP contribution in [0.5, 0.6) is 0 Å². The molecule has 1 aliphatic heterocycles. The number of likely N-dealkylation sites (tertiary alicyclic amines) is 1. The van der Waals surface area contributed by atoms with Crippen molar-refractivity contribution in [2.45, 2.75) is 25.8 Å². The van der Waals surface area contributed by atoms with Gasteiger partial charge in [0.15, 0.2) is 0 Å². The highest BCUT2D eigenvalue weighted by Crippen LogP contribution is 2.35. The summed E-state index contributed by atoms with van der Waals surface area (Å²) in [5.41, 5.74) is 3.08. The zero-order valence-corrected chi connectivity index (χ0v) is 21.1. The average molecular weight is 501 g/mol.